The first-order valence-electron chi connectivity index (χ1n) is 6.31. The normalized spacial score (nSPS) is 20.3. The first-order valence-corrected chi connectivity index (χ1v) is 6.31. The lowest BCUT2D eigenvalue weighted by Gasteiger charge is -2.36. The van der Waals surface area contributed by atoms with Gasteiger partial charge in [-0.25, -0.2) is 15.8 Å². The lowest BCUT2D eigenvalue weighted by atomic mass is 10.0. The average Bonchev–Trinajstić information content (AvgIpc) is 2.38. The molecule has 0 aliphatic carbocycles. The molecule has 0 amide bonds. The highest BCUT2D eigenvalue weighted by atomic mass is 16.5. The van der Waals surface area contributed by atoms with E-state index in [2.05, 4.69) is 41.1 Å². The molecule has 0 aromatic carbocycles. The molecule has 1 saturated heterocycles. The van der Waals surface area contributed by atoms with Gasteiger partial charge in [-0.3, -0.25) is 0 Å². The summed E-state index contributed by atoms with van der Waals surface area (Å²) in [5.74, 6) is 7.51. The van der Waals surface area contributed by atoms with Gasteiger partial charge >= 0.3 is 0 Å². The summed E-state index contributed by atoms with van der Waals surface area (Å²) >= 11 is 0. The minimum Gasteiger partial charge on any atom is -0.377 e. The smallest absolute Gasteiger partial charge is 0.148 e. The van der Waals surface area contributed by atoms with Gasteiger partial charge in [0.15, 0.2) is 0 Å². The lowest BCUT2D eigenvalue weighted by molar-refractivity contribution is 0.0984. The Kier molecular flexibility index (Phi) is 3.98. The van der Waals surface area contributed by atoms with Crippen molar-refractivity contribution in [3.63, 3.8) is 0 Å². The predicted molar refractivity (Wildman–Crippen MR) is 71.6 cm³/mol. The maximum Gasteiger partial charge on any atom is 0.148 e. The highest BCUT2D eigenvalue weighted by Crippen LogP contribution is 2.31. The zero-order valence-electron chi connectivity index (χ0n) is 11.2. The Morgan fingerprint density at radius 3 is 2.89 bits per heavy atom. The van der Waals surface area contributed by atoms with Gasteiger partial charge in [-0.2, -0.15) is 0 Å². The fraction of sp³-hybridized carbons (Fsp3) is 0.667. The number of nitrogens with one attached hydrogen (secondary N) is 1. The summed E-state index contributed by atoms with van der Waals surface area (Å²) in [5.41, 5.74) is 3.73. The largest absolute Gasteiger partial charge is 0.377 e. The van der Waals surface area contributed by atoms with Crippen LogP contribution < -0.4 is 16.2 Å². The summed E-state index contributed by atoms with van der Waals surface area (Å²) in [6.45, 7) is 8.69. The van der Waals surface area contributed by atoms with Gasteiger partial charge in [-0.1, -0.05) is 13.8 Å². The highest BCUT2D eigenvalue weighted by Gasteiger charge is 2.25. The van der Waals surface area contributed by atoms with Crippen molar-refractivity contribution in [3.05, 3.63) is 11.9 Å². The van der Waals surface area contributed by atoms with Crippen LogP contribution in [0, 0.1) is 0 Å². The molecule has 18 heavy (non-hydrogen) atoms. The molecule has 0 saturated carbocycles. The van der Waals surface area contributed by atoms with Crippen molar-refractivity contribution in [1.82, 2.24) is 9.97 Å². The van der Waals surface area contributed by atoms with Crippen LogP contribution in [0.15, 0.2) is 6.33 Å². The summed E-state index contributed by atoms with van der Waals surface area (Å²) in [7, 11) is 0. The van der Waals surface area contributed by atoms with Crippen LogP contribution in [0.5, 0.6) is 0 Å². The van der Waals surface area contributed by atoms with Crippen LogP contribution in [-0.2, 0) is 4.74 Å². The molecular weight excluding hydrogens is 230 g/mol. The Hall–Kier alpha value is -1.40. The highest BCUT2D eigenvalue weighted by molar-refractivity contribution is 5.60. The van der Waals surface area contributed by atoms with Crippen LogP contribution in [0.2, 0.25) is 0 Å². The van der Waals surface area contributed by atoms with E-state index in [1.54, 1.807) is 6.33 Å². The number of hydrogen-bond acceptors (Lipinski definition) is 6. The third-order valence-electron chi connectivity index (χ3n) is 3.22. The SMILES string of the molecule is CC(C)c1c(NN)ncnc1N1CCOCC1C. The van der Waals surface area contributed by atoms with E-state index in [1.807, 2.05) is 0 Å². The van der Waals surface area contributed by atoms with Crippen molar-refractivity contribution < 1.29 is 4.74 Å². The van der Waals surface area contributed by atoms with E-state index in [0.717, 1.165) is 31.1 Å². The molecule has 0 spiro atoms. The molecule has 0 radical (unpaired) electrons. The summed E-state index contributed by atoms with van der Waals surface area (Å²) in [6.07, 6.45) is 1.55. The Labute approximate surface area is 108 Å². The molecule has 1 aromatic rings. The molecule has 2 rings (SSSR count). The number of aromatic nitrogens is 2. The third-order valence-corrected chi connectivity index (χ3v) is 3.22. The fourth-order valence-electron chi connectivity index (χ4n) is 2.30. The Balaban J connectivity index is 2.42. The van der Waals surface area contributed by atoms with Gasteiger partial charge < -0.3 is 15.1 Å². The zero-order valence-corrected chi connectivity index (χ0v) is 11.2. The van der Waals surface area contributed by atoms with Gasteiger partial charge in [-0.05, 0) is 12.8 Å². The maximum atomic E-state index is 5.54. The average molecular weight is 251 g/mol. The summed E-state index contributed by atoms with van der Waals surface area (Å²) in [4.78, 5) is 10.9. The molecule has 1 unspecified atom stereocenters. The van der Waals surface area contributed by atoms with Crippen molar-refractivity contribution >= 4 is 11.6 Å². The molecular formula is C12H21N5O. The van der Waals surface area contributed by atoms with E-state index < -0.39 is 0 Å². The van der Waals surface area contributed by atoms with Crippen LogP contribution in [0.1, 0.15) is 32.3 Å². The molecule has 3 N–H and O–H groups in total. The fourth-order valence-corrected chi connectivity index (χ4v) is 2.30. The van der Waals surface area contributed by atoms with Gasteiger partial charge in [0.2, 0.25) is 0 Å². The van der Waals surface area contributed by atoms with Crippen LogP contribution in [0.4, 0.5) is 11.6 Å². The van der Waals surface area contributed by atoms with Crippen molar-refractivity contribution in [2.45, 2.75) is 32.7 Å². The maximum absolute atomic E-state index is 5.54. The molecule has 6 heteroatoms. The number of nitrogen functional groups attached to an aromatic ring is 1. The Morgan fingerprint density at radius 1 is 1.50 bits per heavy atom. The lowest BCUT2D eigenvalue weighted by Crippen LogP contribution is -2.44. The van der Waals surface area contributed by atoms with Gasteiger partial charge in [0, 0.05) is 12.1 Å². The molecule has 1 aliphatic rings. The van der Waals surface area contributed by atoms with E-state index in [0.29, 0.717) is 17.8 Å². The Morgan fingerprint density at radius 2 is 2.28 bits per heavy atom. The van der Waals surface area contributed by atoms with Crippen LogP contribution in [-0.4, -0.2) is 35.8 Å². The van der Waals surface area contributed by atoms with Crippen molar-refractivity contribution in [3.8, 4) is 0 Å². The van der Waals surface area contributed by atoms with E-state index in [4.69, 9.17) is 10.6 Å². The molecule has 0 bridgehead atoms. The number of ether oxygens (including phenoxy) is 1. The topological polar surface area (TPSA) is 76.3 Å². The number of anilines is 2. The summed E-state index contributed by atoms with van der Waals surface area (Å²) in [6, 6.07) is 0.316. The molecule has 1 aromatic heterocycles. The van der Waals surface area contributed by atoms with Gasteiger partial charge in [0.25, 0.3) is 0 Å². The first-order chi connectivity index (χ1) is 8.65. The number of nitrogens with zero attached hydrogens (tertiary/aromatic N) is 3. The van der Waals surface area contributed by atoms with E-state index >= 15 is 0 Å². The number of hydrazine groups is 1. The van der Waals surface area contributed by atoms with Crippen LogP contribution >= 0.6 is 0 Å². The second-order valence-corrected chi connectivity index (χ2v) is 4.88. The minimum atomic E-state index is 0.308. The standard InChI is InChI=1S/C12H21N5O/c1-8(2)10-11(16-13)14-7-15-12(10)17-4-5-18-6-9(17)3/h7-9H,4-6,13H2,1-3H3,(H,14,15,16). The molecule has 6 nitrogen and oxygen atoms in total. The molecule has 1 fully saturated rings. The number of nitrogens with two attached hydrogens (primary N) is 1. The molecule has 100 valence electrons. The van der Waals surface area contributed by atoms with Gasteiger partial charge in [-0.15, -0.1) is 0 Å². The summed E-state index contributed by atoms with van der Waals surface area (Å²) in [5, 5.41) is 0. The van der Waals surface area contributed by atoms with E-state index in [9.17, 15) is 0 Å². The second kappa shape index (κ2) is 5.49. The number of morpholine rings is 1. The predicted octanol–water partition coefficient (Wildman–Crippen LogP) is 1.11. The number of hydrogen-bond donors (Lipinski definition) is 2. The van der Waals surface area contributed by atoms with Crippen molar-refractivity contribution in [1.29, 1.82) is 0 Å². The van der Waals surface area contributed by atoms with Crippen LogP contribution in [0.3, 0.4) is 0 Å². The molecule has 1 aliphatic heterocycles. The number of rotatable bonds is 3. The monoisotopic (exact) mass is 251 g/mol. The van der Waals surface area contributed by atoms with E-state index in [-0.39, 0.29) is 0 Å². The quantitative estimate of drug-likeness (QED) is 0.619. The Bertz CT molecular complexity index is 409. The molecule has 1 atom stereocenters. The molecule has 2 heterocycles. The zero-order chi connectivity index (χ0) is 13.1. The van der Waals surface area contributed by atoms with E-state index in [1.165, 1.54) is 0 Å². The van der Waals surface area contributed by atoms with Gasteiger partial charge in [0.05, 0.1) is 19.3 Å². The van der Waals surface area contributed by atoms with Crippen LogP contribution in [0.25, 0.3) is 0 Å². The first kappa shape index (κ1) is 13.0. The van der Waals surface area contributed by atoms with Crippen molar-refractivity contribution in [2.75, 3.05) is 30.1 Å². The second-order valence-electron chi connectivity index (χ2n) is 4.88. The van der Waals surface area contributed by atoms with Gasteiger partial charge in [0.1, 0.15) is 18.0 Å². The summed E-state index contributed by atoms with van der Waals surface area (Å²) < 4.78 is 5.46. The minimum absolute atomic E-state index is 0.308. The third kappa shape index (κ3) is 2.39. The van der Waals surface area contributed by atoms with Crippen molar-refractivity contribution in [2.24, 2.45) is 5.84 Å².